The molecule has 3 heterocycles. The first-order chi connectivity index (χ1) is 10.4. The molecule has 2 unspecified atom stereocenters. The Kier molecular flexibility index (Phi) is 2.94. The molecule has 0 spiro atoms. The van der Waals surface area contributed by atoms with Crippen LogP contribution in [0.3, 0.4) is 0 Å². The molecule has 3 aromatic heterocycles. The van der Waals surface area contributed by atoms with Gasteiger partial charge in [-0.1, -0.05) is 12.1 Å². The van der Waals surface area contributed by atoms with E-state index in [-0.39, 0.29) is 6.04 Å². The second-order valence-electron chi connectivity index (χ2n) is 5.47. The van der Waals surface area contributed by atoms with Crippen LogP contribution in [-0.4, -0.2) is 14.6 Å². The Labute approximate surface area is 122 Å². The molecule has 0 aromatic carbocycles. The summed E-state index contributed by atoms with van der Waals surface area (Å²) >= 11 is 0. The SMILES string of the molecule is NNC(c1cnn2ccccc12)C1CCc2cccnc21. The van der Waals surface area contributed by atoms with Crippen LogP contribution >= 0.6 is 0 Å². The number of pyridine rings is 2. The van der Waals surface area contributed by atoms with Crippen LogP contribution in [0.15, 0.2) is 48.9 Å². The van der Waals surface area contributed by atoms with Gasteiger partial charge in [-0.25, -0.2) is 4.52 Å². The van der Waals surface area contributed by atoms with Gasteiger partial charge in [0.25, 0.3) is 0 Å². The summed E-state index contributed by atoms with van der Waals surface area (Å²) in [6.07, 6.45) is 7.84. The van der Waals surface area contributed by atoms with Crippen LogP contribution in [0.4, 0.5) is 0 Å². The molecule has 0 fully saturated rings. The van der Waals surface area contributed by atoms with E-state index in [4.69, 9.17) is 5.84 Å². The van der Waals surface area contributed by atoms with E-state index in [1.165, 1.54) is 5.56 Å². The van der Waals surface area contributed by atoms with E-state index < -0.39 is 0 Å². The molecule has 0 aliphatic heterocycles. The summed E-state index contributed by atoms with van der Waals surface area (Å²) in [4.78, 5) is 4.58. The van der Waals surface area contributed by atoms with E-state index in [9.17, 15) is 0 Å². The van der Waals surface area contributed by atoms with Crippen LogP contribution in [0.2, 0.25) is 0 Å². The molecule has 5 nitrogen and oxygen atoms in total. The van der Waals surface area contributed by atoms with Crippen molar-refractivity contribution in [3.05, 3.63) is 65.7 Å². The van der Waals surface area contributed by atoms with Crippen molar-refractivity contribution in [2.45, 2.75) is 24.8 Å². The highest BCUT2D eigenvalue weighted by atomic mass is 15.3. The van der Waals surface area contributed by atoms with Crippen LogP contribution in [-0.2, 0) is 6.42 Å². The highest BCUT2D eigenvalue weighted by Gasteiger charge is 2.32. The lowest BCUT2D eigenvalue weighted by Gasteiger charge is -2.22. The van der Waals surface area contributed by atoms with Crippen molar-refractivity contribution in [2.75, 3.05) is 0 Å². The molecule has 1 aliphatic rings. The molecule has 3 aromatic rings. The number of hydrogen-bond donors (Lipinski definition) is 2. The standard InChI is InChI=1S/C16H17N5/c17-20-16(12-7-6-11-4-3-8-18-15(11)12)13-10-19-21-9-2-1-5-14(13)21/h1-5,8-10,12,16,20H,6-7,17H2. The fraction of sp³-hybridized carbons (Fsp3) is 0.250. The fourth-order valence-electron chi connectivity index (χ4n) is 3.38. The second kappa shape index (κ2) is 4.95. The summed E-state index contributed by atoms with van der Waals surface area (Å²) in [5.41, 5.74) is 7.70. The lowest BCUT2D eigenvalue weighted by Crippen LogP contribution is -2.32. The number of rotatable bonds is 3. The molecule has 21 heavy (non-hydrogen) atoms. The quantitative estimate of drug-likeness (QED) is 0.568. The zero-order valence-electron chi connectivity index (χ0n) is 11.6. The predicted octanol–water partition coefficient (Wildman–Crippen LogP) is 1.96. The Morgan fingerprint density at radius 1 is 1.29 bits per heavy atom. The Hall–Kier alpha value is -2.24. The van der Waals surface area contributed by atoms with Gasteiger partial charge in [0.05, 0.1) is 17.8 Å². The Morgan fingerprint density at radius 3 is 3.14 bits per heavy atom. The highest BCUT2D eigenvalue weighted by Crippen LogP contribution is 2.40. The molecular formula is C16H17N5. The van der Waals surface area contributed by atoms with Gasteiger partial charge in [0.1, 0.15) is 0 Å². The van der Waals surface area contributed by atoms with Gasteiger partial charge in [0.2, 0.25) is 0 Å². The third kappa shape index (κ3) is 1.93. The molecule has 3 N–H and O–H groups in total. The minimum Gasteiger partial charge on any atom is -0.271 e. The smallest absolute Gasteiger partial charge is 0.0710 e. The largest absolute Gasteiger partial charge is 0.271 e. The predicted molar refractivity (Wildman–Crippen MR) is 80.6 cm³/mol. The van der Waals surface area contributed by atoms with E-state index in [0.29, 0.717) is 5.92 Å². The second-order valence-corrected chi connectivity index (χ2v) is 5.47. The van der Waals surface area contributed by atoms with Crippen molar-refractivity contribution < 1.29 is 0 Å². The maximum absolute atomic E-state index is 5.88. The van der Waals surface area contributed by atoms with Crippen molar-refractivity contribution in [1.29, 1.82) is 0 Å². The third-order valence-corrected chi connectivity index (χ3v) is 4.38. The molecule has 2 atom stereocenters. The van der Waals surface area contributed by atoms with Crippen molar-refractivity contribution in [1.82, 2.24) is 20.0 Å². The fourth-order valence-corrected chi connectivity index (χ4v) is 3.38. The van der Waals surface area contributed by atoms with Gasteiger partial charge in [0, 0.05) is 29.6 Å². The molecule has 4 rings (SSSR count). The van der Waals surface area contributed by atoms with Crippen molar-refractivity contribution >= 4 is 5.52 Å². The summed E-state index contributed by atoms with van der Waals surface area (Å²) in [5.74, 6) is 6.17. The number of aromatic nitrogens is 3. The molecular weight excluding hydrogens is 262 g/mol. The number of hydrazine groups is 1. The minimum absolute atomic E-state index is 0.0288. The Bertz CT molecular complexity index is 779. The van der Waals surface area contributed by atoms with Crippen molar-refractivity contribution in [3.8, 4) is 0 Å². The van der Waals surface area contributed by atoms with Gasteiger partial charge in [-0.2, -0.15) is 5.10 Å². The Balaban J connectivity index is 1.79. The van der Waals surface area contributed by atoms with Gasteiger partial charge < -0.3 is 0 Å². The normalized spacial score (nSPS) is 18.8. The van der Waals surface area contributed by atoms with E-state index in [2.05, 4.69) is 27.6 Å². The number of aryl methyl sites for hydroxylation is 1. The molecule has 0 saturated heterocycles. The molecule has 106 valence electrons. The average Bonchev–Trinajstić information content (AvgIpc) is 3.14. The summed E-state index contributed by atoms with van der Waals surface area (Å²) in [6, 6.07) is 10.3. The van der Waals surface area contributed by atoms with Crippen LogP contribution in [0.25, 0.3) is 5.52 Å². The molecule has 1 aliphatic carbocycles. The summed E-state index contributed by atoms with van der Waals surface area (Å²) < 4.78 is 1.88. The van der Waals surface area contributed by atoms with Gasteiger partial charge in [-0.3, -0.25) is 16.3 Å². The molecule has 0 amide bonds. The van der Waals surface area contributed by atoms with Crippen molar-refractivity contribution in [3.63, 3.8) is 0 Å². The third-order valence-electron chi connectivity index (χ3n) is 4.38. The number of fused-ring (bicyclic) bond motifs is 2. The van der Waals surface area contributed by atoms with Gasteiger partial charge in [-0.15, -0.1) is 0 Å². The summed E-state index contributed by atoms with van der Waals surface area (Å²) in [7, 11) is 0. The zero-order chi connectivity index (χ0) is 14.2. The maximum Gasteiger partial charge on any atom is 0.0710 e. The van der Waals surface area contributed by atoms with Gasteiger partial charge in [-0.05, 0) is 36.6 Å². The molecule has 0 bridgehead atoms. The number of hydrogen-bond acceptors (Lipinski definition) is 4. The molecule has 0 saturated carbocycles. The first kappa shape index (κ1) is 12.5. The lowest BCUT2D eigenvalue weighted by molar-refractivity contribution is 0.449. The Morgan fingerprint density at radius 2 is 2.24 bits per heavy atom. The zero-order valence-corrected chi connectivity index (χ0v) is 11.6. The minimum atomic E-state index is 0.0288. The van der Waals surface area contributed by atoms with Gasteiger partial charge in [0.15, 0.2) is 0 Å². The number of nitrogens with one attached hydrogen (secondary N) is 1. The average molecular weight is 279 g/mol. The van der Waals surface area contributed by atoms with Crippen molar-refractivity contribution in [2.24, 2.45) is 5.84 Å². The van der Waals surface area contributed by atoms with Crippen LogP contribution in [0.5, 0.6) is 0 Å². The molecule has 5 heteroatoms. The summed E-state index contributed by atoms with van der Waals surface area (Å²) in [5, 5.41) is 4.42. The van der Waals surface area contributed by atoms with Crippen LogP contribution < -0.4 is 11.3 Å². The van der Waals surface area contributed by atoms with E-state index in [1.54, 1.807) is 0 Å². The van der Waals surface area contributed by atoms with E-state index >= 15 is 0 Å². The lowest BCUT2D eigenvalue weighted by atomic mass is 9.92. The van der Waals surface area contributed by atoms with E-state index in [0.717, 1.165) is 29.6 Å². The number of nitrogens with two attached hydrogens (primary N) is 1. The first-order valence-corrected chi connectivity index (χ1v) is 7.20. The highest BCUT2D eigenvalue weighted by molar-refractivity contribution is 5.56. The maximum atomic E-state index is 5.88. The van der Waals surface area contributed by atoms with Crippen LogP contribution in [0, 0.1) is 0 Å². The van der Waals surface area contributed by atoms with Crippen LogP contribution in [0.1, 0.15) is 35.2 Å². The topological polar surface area (TPSA) is 68.2 Å². The summed E-state index contributed by atoms with van der Waals surface area (Å²) in [6.45, 7) is 0. The number of nitrogens with zero attached hydrogens (tertiary/aromatic N) is 3. The van der Waals surface area contributed by atoms with Gasteiger partial charge >= 0.3 is 0 Å². The molecule has 0 radical (unpaired) electrons. The first-order valence-electron chi connectivity index (χ1n) is 7.20. The van der Waals surface area contributed by atoms with E-state index in [1.807, 2.05) is 41.3 Å². The monoisotopic (exact) mass is 279 g/mol.